The zero-order valence-corrected chi connectivity index (χ0v) is 8.91. The molecule has 0 amide bonds. The number of nitrogens with zero attached hydrogens (tertiary/aromatic N) is 4. The van der Waals surface area contributed by atoms with Crippen molar-refractivity contribution in [2.75, 3.05) is 0 Å². The zero-order valence-electron chi connectivity index (χ0n) is 8.91. The molecule has 0 aliphatic heterocycles. The third-order valence-electron chi connectivity index (χ3n) is 2.38. The van der Waals surface area contributed by atoms with E-state index in [2.05, 4.69) is 25.4 Å². The minimum absolute atomic E-state index is 0.678. The molecule has 3 aromatic rings. The summed E-state index contributed by atoms with van der Waals surface area (Å²) < 4.78 is 0. The van der Waals surface area contributed by atoms with Crippen molar-refractivity contribution >= 4 is 0 Å². The van der Waals surface area contributed by atoms with Gasteiger partial charge in [-0.05, 0) is 6.07 Å². The molecule has 1 N–H and O–H groups in total. The molecule has 1 aromatic carbocycles. The number of hydrogen-bond donors (Lipinski definition) is 1. The van der Waals surface area contributed by atoms with Gasteiger partial charge in [-0.3, -0.25) is 5.10 Å². The predicted molar refractivity (Wildman–Crippen MR) is 62.8 cm³/mol. The molecule has 0 unspecified atom stereocenters. The number of aromatic nitrogens is 5. The lowest BCUT2D eigenvalue weighted by Gasteiger charge is -1.93. The summed E-state index contributed by atoms with van der Waals surface area (Å²) in [7, 11) is 0. The Hall–Kier alpha value is -2.56. The molecule has 5 nitrogen and oxygen atoms in total. The van der Waals surface area contributed by atoms with Crippen molar-refractivity contribution in [1.29, 1.82) is 0 Å². The first-order chi connectivity index (χ1) is 8.43. The fraction of sp³-hybridized carbons (Fsp3) is 0. The van der Waals surface area contributed by atoms with E-state index in [1.807, 2.05) is 36.4 Å². The van der Waals surface area contributed by atoms with E-state index in [1.54, 1.807) is 12.4 Å². The maximum Gasteiger partial charge on any atom is 0.181 e. The van der Waals surface area contributed by atoms with Crippen LogP contribution in [0.1, 0.15) is 0 Å². The normalized spacial score (nSPS) is 10.4. The molecule has 3 rings (SSSR count). The Morgan fingerprint density at radius 1 is 0.882 bits per heavy atom. The lowest BCUT2D eigenvalue weighted by atomic mass is 10.2. The highest BCUT2D eigenvalue weighted by Gasteiger charge is 2.06. The number of hydrogen-bond acceptors (Lipinski definition) is 4. The summed E-state index contributed by atoms with van der Waals surface area (Å²) in [5.74, 6) is 1.37. The maximum atomic E-state index is 4.42. The van der Waals surface area contributed by atoms with Crippen LogP contribution in [0.4, 0.5) is 0 Å². The van der Waals surface area contributed by atoms with Gasteiger partial charge in [0.2, 0.25) is 0 Å². The molecular formula is C12H9N5. The van der Waals surface area contributed by atoms with Crippen molar-refractivity contribution in [3.8, 4) is 22.8 Å². The second kappa shape index (κ2) is 4.13. The molecule has 0 aliphatic carbocycles. The van der Waals surface area contributed by atoms with Crippen LogP contribution in [0.3, 0.4) is 0 Å². The Labute approximate surface area is 97.6 Å². The first-order valence-corrected chi connectivity index (χ1v) is 5.18. The van der Waals surface area contributed by atoms with Crippen molar-refractivity contribution < 1.29 is 0 Å². The van der Waals surface area contributed by atoms with Crippen LogP contribution >= 0.6 is 0 Å². The van der Waals surface area contributed by atoms with Gasteiger partial charge in [0, 0.05) is 11.1 Å². The highest BCUT2D eigenvalue weighted by Crippen LogP contribution is 2.18. The average Bonchev–Trinajstić information content (AvgIpc) is 2.90. The fourth-order valence-electron chi connectivity index (χ4n) is 1.54. The van der Waals surface area contributed by atoms with E-state index < -0.39 is 0 Å². The first-order valence-electron chi connectivity index (χ1n) is 5.18. The van der Waals surface area contributed by atoms with Crippen molar-refractivity contribution in [2.24, 2.45) is 0 Å². The van der Waals surface area contributed by atoms with Crippen LogP contribution in [-0.4, -0.2) is 25.4 Å². The molecular weight excluding hydrogens is 214 g/mol. The van der Waals surface area contributed by atoms with E-state index in [0.29, 0.717) is 11.6 Å². The lowest BCUT2D eigenvalue weighted by Crippen LogP contribution is -1.84. The second-order valence-corrected chi connectivity index (χ2v) is 3.50. The van der Waals surface area contributed by atoms with Crippen molar-refractivity contribution in [1.82, 2.24) is 25.4 Å². The molecule has 0 aliphatic rings. The molecule has 0 radical (unpaired) electrons. The summed E-state index contributed by atoms with van der Waals surface area (Å²) in [6, 6.07) is 11.7. The van der Waals surface area contributed by atoms with Crippen LogP contribution in [0.2, 0.25) is 0 Å². The quantitative estimate of drug-likeness (QED) is 0.720. The van der Waals surface area contributed by atoms with Crippen LogP contribution in [0, 0.1) is 0 Å². The Bertz CT molecular complexity index is 549. The van der Waals surface area contributed by atoms with Gasteiger partial charge in [0.15, 0.2) is 11.6 Å². The molecule has 17 heavy (non-hydrogen) atoms. The third kappa shape index (κ3) is 1.90. The van der Waals surface area contributed by atoms with E-state index in [-0.39, 0.29) is 0 Å². The molecule has 82 valence electrons. The Morgan fingerprint density at radius 2 is 1.76 bits per heavy atom. The van der Waals surface area contributed by atoms with E-state index in [9.17, 15) is 0 Å². The van der Waals surface area contributed by atoms with Gasteiger partial charge >= 0.3 is 0 Å². The molecule has 0 fully saturated rings. The number of benzene rings is 1. The van der Waals surface area contributed by atoms with Gasteiger partial charge in [-0.25, -0.2) is 4.98 Å². The molecule has 2 aromatic heterocycles. The van der Waals surface area contributed by atoms with Gasteiger partial charge in [-0.1, -0.05) is 30.3 Å². The van der Waals surface area contributed by atoms with E-state index in [4.69, 9.17) is 0 Å². The minimum Gasteiger partial charge on any atom is -0.259 e. The van der Waals surface area contributed by atoms with E-state index in [1.165, 1.54) is 0 Å². The third-order valence-corrected chi connectivity index (χ3v) is 2.38. The van der Waals surface area contributed by atoms with Crippen molar-refractivity contribution in [3.05, 3.63) is 48.8 Å². The van der Waals surface area contributed by atoms with Crippen LogP contribution in [0.5, 0.6) is 0 Å². The van der Waals surface area contributed by atoms with E-state index in [0.717, 1.165) is 11.1 Å². The van der Waals surface area contributed by atoms with Crippen molar-refractivity contribution in [3.63, 3.8) is 0 Å². The minimum atomic E-state index is 0.678. The number of H-pyrrole nitrogens is 1. The first kappa shape index (κ1) is 9.65. The predicted octanol–water partition coefficient (Wildman–Crippen LogP) is 1.93. The summed E-state index contributed by atoms with van der Waals surface area (Å²) in [5, 5.41) is 14.6. The monoisotopic (exact) mass is 223 g/mol. The van der Waals surface area contributed by atoms with Crippen LogP contribution in [0.25, 0.3) is 22.8 Å². The van der Waals surface area contributed by atoms with Gasteiger partial charge in [-0.2, -0.15) is 15.3 Å². The summed E-state index contributed by atoms with van der Waals surface area (Å²) in [4.78, 5) is 4.42. The summed E-state index contributed by atoms with van der Waals surface area (Å²) in [5.41, 5.74) is 1.85. The summed E-state index contributed by atoms with van der Waals surface area (Å²) >= 11 is 0. The summed E-state index contributed by atoms with van der Waals surface area (Å²) in [6.45, 7) is 0. The van der Waals surface area contributed by atoms with Gasteiger partial charge < -0.3 is 0 Å². The highest BCUT2D eigenvalue weighted by molar-refractivity contribution is 5.59. The highest BCUT2D eigenvalue weighted by atomic mass is 15.2. The zero-order chi connectivity index (χ0) is 11.5. The Morgan fingerprint density at radius 3 is 2.53 bits per heavy atom. The topological polar surface area (TPSA) is 67.3 Å². The molecule has 5 heteroatoms. The SMILES string of the molecule is c1ccc(-c2n[nH]c(-c3ccnnc3)n2)cc1. The van der Waals surface area contributed by atoms with Gasteiger partial charge in [0.05, 0.1) is 12.4 Å². The Kier molecular flexibility index (Phi) is 2.34. The van der Waals surface area contributed by atoms with Crippen molar-refractivity contribution in [2.45, 2.75) is 0 Å². The number of aromatic amines is 1. The van der Waals surface area contributed by atoms with Gasteiger partial charge in [0.1, 0.15) is 0 Å². The Balaban J connectivity index is 1.99. The number of rotatable bonds is 2. The molecule has 0 atom stereocenters. The second-order valence-electron chi connectivity index (χ2n) is 3.50. The van der Waals surface area contributed by atoms with Crippen LogP contribution < -0.4 is 0 Å². The largest absolute Gasteiger partial charge is 0.259 e. The molecule has 2 heterocycles. The lowest BCUT2D eigenvalue weighted by molar-refractivity contribution is 1.02. The standard InChI is InChI=1S/C12H9N5/c1-2-4-9(5-3-1)11-15-12(17-16-11)10-6-7-13-14-8-10/h1-8H,(H,15,16,17). The molecule has 0 saturated heterocycles. The average molecular weight is 223 g/mol. The molecule has 0 saturated carbocycles. The number of nitrogens with one attached hydrogen (secondary N) is 1. The smallest absolute Gasteiger partial charge is 0.181 e. The van der Waals surface area contributed by atoms with Gasteiger partial charge in [0.25, 0.3) is 0 Å². The van der Waals surface area contributed by atoms with Gasteiger partial charge in [-0.15, -0.1) is 0 Å². The summed E-state index contributed by atoms with van der Waals surface area (Å²) in [6.07, 6.45) is 3.27. The van der Waals surface area contributed by atoms with E-state index >= 15 is 0 Å². The molecule has 0 spiro atoms. The van der Waals surface area contributed by atoms with Crippen LogP contribution in [0.15, 0.2) is 48.8 Å². The van der Waals surface area contributed by atoms with Crippen LogP contribution in [-0.2, 0) is 0 Å². The molecule has 0 bridgehead atoms. The maximum absolute atomic E-state index is 4.42. The fourth-order valence-corrected chi connectivity index (χ4v) is 1.54.